The van der Waals surface area contributed by atoms with Crippen LogP contribution in [0.5, 0.6) is 0 Å². The summed E-state index contributed by atoms with van der Waals surface area (Å²) >= 11 is 9.54. The van der Waals surface area contributed by atoms with Crippen LogP contribution in [0.15, 0.2) is 57.8 Å². The van der Waals surface area contributed by atoms with Gasteiger partial charge in [0.15, 0.2) is 6.10 Å². The average molecular weight is 515 g/mol. The lowest BCUT2D eigenvalue weighted by Gasteiger charge is -2.30. The Labute approximate surface area is 198 Å². The molecular formula is C24H21BrClN3O3. The van der Waals surface area contributed by atoms with Gasteiger partial charge in [-0.3, -0.25) is 9.59 Å². The summed E-state index contributed by atoms with van der Waals surface area (Å²) in [6.07, 6.45) is 0.990. The molecular weight excluding hydrogens is 494 g/mol. The molecule has 1 saturated carbocycles. The predicted molar refractivity (Wildman–Crippen MR) is 125 cm³/mol. The molecule has 164 valence electrons. The van der Waals surface area contributed by atoms with Gasteiger partial charge in [0, 0.05) is 22.5 Å². The van der Waals surface area contributed by atoms with Crippen LogP contribution in [0.3, 0.4) is 0 Å². The molecule has 1 aromatic heterocycles. The predicted octanol–water partition coefficient (Wildman–Crippen LogP) is 3.88. The van der Waals surface area contributed by atoms with Crippen LogP contribution in [0.2, 0.25) is 5.02 Å². The van der Waals surface area contributed by atoms with Gasteiger partial charge in [-0.05, 0) is 48.2 Å². The number of halogens is 2. The van der Waals surface area contributed by atoms with Crippen LogP contribution in [0.4, 0.5) is 0 Å². The van der Waals surface area contributed by atoms with Gasteiger partial charge in [0.05, 0.1) is 23.2 Å². The Morgan fingerprint density at radius 2 is 2.00 bits per heavy atom. The smallest absolute Gasteiger partial charge is 0.256 e. The number of nitrogens with one attached hydrogen (secondary N) is 1. The SMILES string of the molecule is O=C([C@H](O)c1cccc(Br)c1)N1CCc2nc(C3(c4cccc(Cl)c4)CC3)[nH]c(=O)c2C1. The van der Waals surface area contributed by atoms with E-state index < -0.39 is 12.0 Å². The van der Waals surface area contributed by atoms with Gasteiger partial charge in [-0.1, -0.05) is 51.8 Å². The number of aliphatic hydroxyl groups is 1. The first-order valence-electron chi connectivity index (χ1n) is 10.5. The van der Waals surface area contributed by atoms with Gasteiger partial charge >= 0.3 is 0 Å². The lowest BCUT2D eigenvalue weighted by atomic mass is 9.94. The fourth-order valence-corrected chi connectivity index (χ4v) is 5.01. The van der Waals surface area contributed by atoms with Crippen LogP contribution < -0.4 is 5.56 Å². The Kier molecular flexibility index (Phi) is 5.43. The highest BCUT2D eigenvalue weighted by molar-refractivity contribution is 9.10. The fourth-order valence-electron chi connectivity index (χ4n) is 4.41. The summed E-state index contributed by atoms with van der Waals surface area (Å²) in [4.78, 5) is 35.2. The van der Waals surface area contributed by atoms with Crippen molar-refractivity contribution in [3.8, 4) is 0 Å². The zero-order chi connectivity index (χ0) is 22.5. The van der Waals surface area contributed by atoms with Crippen molar-refractivity contribution in [2.45, 2.75) is 37.3 Å². The Morgan fingerprint density at radius 3 is 2.72 bits per heavy atom. The van der Waals surface area contributed by atoms with Crippen LogP contribution in [-0.4, -0.2) is 32.4 Å². The Bertz CT molecular complexity index is 1270. The summed E-state index contributed by atoms with van der Waals surface area (Å²) in [5.41, 5.74) is 2.23. The number of carbonyl (C=O) groups excluding carboxylic acids is 1. The molecule has 6 nitrogen and oxygen atoms in total. The monoisotopic (exact) mass is 513 g/mol. The van der Waals surface area contributed by atoms with Crippen LogP contribution in [-0.2, 0) is 23.2 Å². The number of benzene rings is 2. The van der Waals surface area contributed by atoms with Gasteiger partial charge in [0.25, 0.3) is 11.5 Å². The quantitative estimate of drug-likeness (QED) is 0.553. The first-order valence-corrected chi connectivity index (χ1v) is 11.7. The lowest BCUT2D eigenvalue weighted by Crippen LogP contribution is -2.42. The van der Waals surface area contributed by atoms with E-state index in [-0.39, 0.29) is 17.5 Å². The van der Waals surface area contributed by atoms with Gasteiger partial charge in [0.1, 0.15) is 5.82 Å². The van der Waals surface area contributed by atoms with Crippen LogP contribution >= 0.6 is 27.5 Å². The second kappa shape index (κ2) is 8.14. The molecule has 8 heteroatoms. The van der Waals surface area contributed by atoms with Crippen LogP contribution in [0, 0.1) is 0 Å². The van der Waals surface area contributed by atoms with Gasteiger partial charge in [-0.25, -0.2) is 4.98 Å². The molecule has 0 spiro atoms. The zero-order valence-electron chi connectivity index (χ0n) is 17.1. The van der Waals surface area contributed by atoms with E-state index in [0.29, 0.717) is 34.9 Å². The molecule has 32 heavy (non-hydrogen) atoms. The molecule has 1 aliphatic heterocycles. The Morgan fingerprint density at radius 1 is 1.22 bits per heavy atom. The minimum atomic E-state index is -1.28. The molecule has 2 heterocycles. The van der Waals surface area contributed by atoms with Gasteiger partial charge in [-0.2, -0.15) is 0 Å². The van der Waals surface area contributed by atoms with Crippen molar-refractivity contribution >= 4 is 33.4 Å². The molecule has 0 radical (unpaired) electrons. The van der Waals surface area contributed by atoms with E-state index in [1.165, 1.54) is 4.90 Å². The molecule has 1 atom stereocenters. The zero-order valence-corrected chi connectivity index (χ0v) is 19.5. The summed E-state index contributed by atoms with van der Waals surface area (Å²) < 4.78 is 0.785. The third kappa shape index (κ3) is 3.78. The number of aliphatic hydroxyl groups excluding tert-OH is 1. The van der Waals surface area contributed by atoms with Gasteiger partial charge in [-0.15, -0.1) is 0 Å². The number of hydrogen-bond donors (Lipinski definition) is 2. The maximum absolute atomic E-state index is 13.0. The maximum Gasteiger partial charge on any atom is 0.256 e. The van der Waals surface area contributed by atoms with E-state index in [4.69, 9.17) is 16.6 Å². The largest absolute Gasteiger partial charge is 0.378 e. The van der Waals surface area contributed by atoms with E-state index in [0.717, 1.165) is 28.6 Å². The molecule has 3 aromatic rings. The number of aromatic amines is 1. The van der Waals surface area contributed by atoms with Crippen molar-refractivity contribution < 1.29 is 9.90 Å². The van der Waals surface area contributed by atoms with Crippen LogP contribution in [0.1, 0.15) is 47.2 Å². The molecule has 5 rings (SSSR count). The third-order valence-electron chi connectivity index (χ3n) is 6.36. The highest BCUT2D eigenvalue weighted by Gasteiger charge is 2.49. The van der Waals surface area contributed by atoms with Crippen molar-refractivity contribution in [3.63, 3.8) is 0 Å². The number of fused-ring (bicyclic) bond motifs is 1. The fraction of sp³-hybridized carbons (Fsp3) is 0.292. The molecule has 1 aliphatic carbocycles. The molecule has 1 amide bonds. The number of H-pyrrole nitrogens is 1. The first kappa shape index (κ1) is 21.4. The number of aromatic nitrogens is 2. The minimum Gasteiger partial charge on any atom is -0.378 e. The highest BCUT2D eigenvalue weighted by atomic mass is 79.9. The van der Waals surface area contributed by atoms with Crippen molar-refractivity contribution in [3.05, 3.63) is 96.6 Å². The first-order chi connectivity index (χ1) is 15.4. The Balaban J connectivity index is 1.41. The van der Waals surface area contributed by atoms with E-state index >= 15 is 0 Å². The standard InChI is InChI=1S/C24H21BrClN3O3/c25-16-5-1-3-14(11-16)20(30)22(32)29-10-7-19-18(13-29)21(31)28-23(27-19)24(8-9-24)15-4-2-6-17(26)12-15/h1-6,11-12,20,30H,7-10,13H2,(H,27,28,31)/t20-/m1/s1. The molecule has 2 aliphatic rings. The normalized spacial score (nSPS) is 17.5. The second-order valence-electron chi connectivity index (χ2n) is 8.40. The molecule has 2 aromatic carbocycles. The molecule has 1 fully saturated rings. The number of rotatable bonds is 4. The van der Waals surface area contributed by atoms with E-state index in [1.807, 2.05) is 30.3 Å². The number of carbonyl (C=O) groups is 1. The molecule has 0 unspecified atom stereocenters. The lowest BCUT2D eigenvalue weighted by molar-refractivity contribution is -0.141. The van der Waals surface area contributed by atoms with Crippen molar-refractivity contribution in [2.24, 2.45) is 0 Å². The van der Waals surface area contributed by atoms with Crippen molar-refractivity contribution in [1.29, 1.82) is 0 Å². The molecule has 0 bridgehead atoms. The highest BCUT2D eigenvalue weighted by Crippen LogP contribution is 2.52. The van der Waals surface area contributed by atoms with Gasteiger partial charge in [0.2, 0.25) is 0 Å². The maximum atomic E-state index is 13.0. The average Bonchev–Trinajstić information content (AvgIpc) is 3.60. The number of hydrogen-bond acceptors (Lipinski definition) is 4. The summed E-state index contributed by atoms with van der Waals surface area (Å²) in [6, 6.07) is 14.7. The molecule has 0 saturated heterocycles. The van der Waals surface area contributed by atoms with E-state index in [1.54, 1.807) is 18.2 Å². The second-order valence-corrected chi connectivity index (χ2v) is 9.75. The minimum absolute atomic E-state index is 0.131. The topological polar surface area (TPSA) is 86.3 Å². The molecule has 2 N–H and O–H groups in total. The van der Waals surface area contributed by atoms with Crippen LogP contribution in [0.25, 0.3) is 0 Å². The summed E-state index contributed by atoms with van der Waals surface area (Å²) in [5, 5.41) is 11.2. The summed E-state index contributed by atoms with van der Waals surface area (Å²) in [5.74, 6) is 0.243. The summed E-state index contributed by atoms with van der Waals surface area (Å²) in [7, 11) is 0. The Hall–Kier alpha value is -2.48. The summed E-state index contributed by atoms with van der Waals surface area (Å²) in [6.45, 7) is 0.531. The van der Waals surface area contributed by atoms with Crippen molar-refractivity contribution in [1.82, 2.24) is 14.9 Å². The van der Waals surface area contributed by atoms with Gasteiger partial charge < -0.3 is 15.0 Å². The number of amides is 1. The third-order valence-corrected chi connectivity index (χ3v) is 7.09. The van der Waals surface area contributed by atoms with Crippen molar-refractivity contribution in [2.75, 3.05) is 6.54 Å². The van der Waals surface area contributed by atoms with E-state index in [2.05, 4.69) is 20.9 Å². The van der Waals surface area contributed by atoms with E-state index in [9.17, 15) is 14.7 Å². The number of nitrogens with zero attached hydrogens (tertiary/aromatic N) is 2.